The van der Waals surface area contributed by atoms with Crippen LogP contribution in [0.25, 0.3) is 0 Å². The second kappa shape index (κ2) is 6.30. The van der Waals surface area contributed by atoms with Crippen molar-refractivity contribution in [3.63, 3.8) is 0 Å². The van der Waals surface area contributed by atoms with E-state index in [1.165, 1.54) is 10.9 Å². The molecule has 9 heteroatoms. The van der Waals surface area contributed by atoms with Gasteiger partial charge in [-0.05, 0) is 30.4 Å². The summed E-state index contributed by atoms with van der Waals surface area (Å²) in [5.74, 6) is -0.610. The van der Waals surface area contributed by atoms with Crippen molar-refractivity contribution >= 4 is 57.8 Å². The number of amides is 1. The van der Waals surface area contributed by atoms with E-state index in [1.807, 2.05) is 0 Å². The second-order valence-corrected chi connectivity index (χ2v) is 5.35. The average Bonchev–Trinajstić information content (AvgIpc) is 2.75. The summed E-state index contributed by atoms with van der Waals surface area (Å²) in [7, 11) is 1.61. The number of hydrogen-bond donors (Lipinski definition) is 3. The van der Waals surface area contributed by atoms with Crippen LogP contribution in [0.5, 0.6) is 0 Å². The number of thiocarbonyl (C=S) groups is 1. The highest BCUT2D eigenvalue weighted by molar-refractivity contribution is 7.80. The molecule has 0 saturated heterocycles. The van der Waals surface area contributed by atoms with Gasteiger partial charge < -0.3 is 16.4 Å². The van der Waals surface area contributed by atoms with Gasteiger partial charge in [-0.1, -0.05) is 23.2 Å². The van der Waals surface area contributed by atoms with Crippen LogP contribution >= 0.6 is 35.4 Å². The van der Waals surface area contributed by atoms with Gasteiger partial charge in [0.05, 0.1) is 22.6 Å². The van der Waals surface area contributed by atoms with E-state index in [0.717, 1.165) is 0 Å². The van der Waals surface area contributed by atoms with Crippen molar-refractivity contribution in [1.82, 2.24) is 9.78 Å². The summed E-state index contributed by atoms with van der Waals surface area (Å²) in [6.45, 7) is 0. The number of primary amides is 1. The quantitative estimate of drug-likeness (QED) is 0.746. The fourth-order valence-corrected chi connectivity index (χ4v) is 2.25. The third kappa shape index (κ3) is 3.63. The lowest BCUT2D eigenvalue weighted by molar-refractivity contribution is 0.0992. The van der Waals surface area contributed by atoms with Gasteiger partial charge in [0.2, 0.25) is 0 Å². The molecule has 0 aliphatic heterocycles. The molecule has 1 heterocycles. The first-order chi connectivity index (χ1) is 9.88. The lowest BCUT2D eigenvalue weighted by Gasteiger charge is -2.11. The largest absolute Gasteiger partial charge is 0.364 e. The first-order valence-electron chi connectivity index (χ1n) is 5.73. The van der Waals surface area contributed by atoms with Gasteiger partial charge in [-0.25, -0.2) is 0 Å². The maximum absolute atomic E-state index is 11.4. The lowest BCUT2D eigenvalue weighted by atomic mass is 10.3. The highest BCUT2D eigenvalue weighted by Crippen LogP contribution is 2.25. The van der Waals surface area contributed by atoms with Crippen molar-refractivity contribution in [2.45, 2.75) is 0 Å². The van der Waals surface area contributed by atoms with Gasteiger partial charge >= 0.3 is 0 Å². The van der Waals surface area contributed by atoms with E-state index in [4.69, 9.17) is 41.2 Å². The van der Waals surface area contributed by atoms with Crippen LogP contribution in [0.4, 0.5) is 11.4 Å². The smallest absolute Gasteiger partial charge is 0.269 e. The molecular formula is C12H11Cl2N5OS. The number of halogens is 2. The number of rotatable bonds is 3. The molecule has 1 aromatic heterocycles. The lowest BCUT2D eigenvalue weighted by Crippen LogP contribution is -2.23. The topological polar surface area (TPSA) is 85.0 Å². The number of benzene rings is 1. The van der Waals surface area contributed by atoms with E-state index < -0.39 is 5.91 Å². The molecule has 21 heavy (non-hydrogen) atoms. The summed E-state index contributed by atoms with van der Waals surface area (Å²) in [4.78, 5) is 11.4. The van der Waals surface area contributed by atoms with E-state index in [1.54, 1.807) is 25.2 Å². The maximum Gasteiger partial charge on any atom is 0.269 e. The highest BCUT2D eigenvalue weighted by Gasteiger charge is 2.15. The van der Waals surface area contributed by atoms with E-state index >= 15 is 0 Å². The molecular weight excluding hydrogens is 333 g/mol. The zero-order valence-electron chi connectivity index (χ0n) is 10.9. The maximum atomic E-state index is 11.4. The van der Waals surface area contributed by atoms with Gasteiger partial charge in [0.25, 0.3) is 5.91 Å². The summed E-state index contributed by atoms with van der Waals surface area (Å²) >= 11 is 17.1. The van der Waals surface area contributed by atoms with Crippen LogP contribution in [-0.4, -0.2) is 20.8 Å². The summed E-state index contributed by atoms with van der Waals surface area (Å²) in [6.07, 6.45) is 1.45. The molecule has 0 atom stereocenters. The van der Waals surface area contributed by atoms with Crippen molar-refractivity contribution in [1.29, 1.82) is 0 Å². The molecule has 0 fully saturated rings. The van der Waals surface area contributed by atoms with Crippen LogP contribution in [0.15, 0.2) is 24.4 Å². The Morgan fingerprint density at radius 3 is 2.67 bits per heavy atom. The molecule has 2 rings (SSSR count). The molecule has 0 aliphatic rings. The average molecular weight is 344 g/mol. The third-order valence-corrected chi connectivity index (χ3v) is 3.37. The Balaban J connectivity index is 2.16. The normalized spacial score (nSPS) is 10.2. The summed E-state index contributed by atoms with van der Waals surface area (Å²) in [5.41, 5.74) is 6.46. The van der Waals surface area contributed by atoms with Gasteiger partial charge in [0.1, 0.15) is 5.69 Å². The molecule has 0 spiro atoms. The summed E-state index contributed by atoms with van der Waals surface area (Å²) in [6, 6.07) is 4.95. The van der Waals surface area contributed by atoms with Gasteiger partial charge in [0.15, 0.2) is 5.11 Å². The first kappa shape index (κ1) is 15.6. The Morgan fingerprint density at radius 2 is 2.00 bits per heavy atom. The number of anilines is 2. The van der Waals surface area contributed by atoms with E-state index in [2.05, 4.69) is 15.7 Å². The molecule has 1 aromatic carbocycles. The van der Waals surface area contributed by atoms with E-state index in [9.17, 15) is 4.79 Å². The fraction of sp³-hybridized carbons (Fsp3) is 0.0833. The molecule has 6 nitrogen and oxygen atoms in total. The number of carbonyl (C=O) groups excluding carboxylic acids is 1. The van der Waals surface area contributed by atoms with Crippen molar-refractivity contribution in [3.05, 3.63) is 40.1 Å². The molecule has 0 radical (unpaired) electrons. The number of nitrogens with one attached hydrogen (secondary N) is 2. The van der Waals surface area contributed by atoms with Crippen LogP contribution in [0.3, 0.4) is 0 Å². The monoisotopic (exact) mass is 343 g/mol. The third-order valence-electron chi connectivity index (χ3n) is 2.60. The van der Waals surface area contributed by atoms with Crippen LogP contribution in [0.1, 0.15) is 10.5 Å². The number of aromatic nitrogens is 2. The number of nitrogens with zero attached hydrogens (tertiary/aromatic N) is 2. The number of hydrogen-bond acceptors (Lipinski definition) is 3. The number of nitrogens with two attached hydrogens (primary N) is 1. The van der Waals surface area contributed by atoms with Crippen molar-refractivity contribution < 1.29 is 4.79 Å². The molecule has 2 aromatic rings. The minimum atomic E-state index is -0.610. The van der Waals surface area contributed by atoms with Gasteiger partial charge in [-0.15, -0.1) is 0 Å². The zero-order chi connectivity index (χ0) is 15.6. The van der Waals surface area contributed by atoms with E-state index in [-0.39, 0.29) is 10.8 Å². The summed E-state index contributed by atoms with van der Waals surface area (Å²) in [5, 5.41) is 10.9. The van der Waals surface area contributed by atoms with Gasteiger partial charge in [-0.2, -0.15) is 5.10 Å². The Morgan fingerprint density at radius 1 is 1.33 bits per heavy atom. The molecule has 1 amide bonds. The molecule has 4 N–H and O–H groups in total. The minimum Gasteiger partial charge on any atom is -0.364 e. The standard InChI is InChI=1S/C12H11Cl2N5OS/c1-19-10(11(15)20)9(5-16-19)18-12(21)17-8-4-6(13)2-3-7(8)14/h2-5H,1H3,(H2,15,20)(H2,17,18,21). The fourth-order valence-electron chi connectivity index (χ4n) is 1.69. The Hall–Kier alpha value is -1.83. The highest BCUT2D eigenvalue weighted by atomic mass is 35.5. The first-order valence-corrected chi connectivity index (χ1v) is 6.89. The minimum absolute atomic E-state index is 0.219. The van der Waals surface area contributed by atoms with Crippen LogP contribution < -0.4 is 16.4 Å². The molecule has 0 saturated carbocycles. The predicted molar refractivity (Wildman–Crippen MR) is 88.0 cm³/mol. The number of aryl methyl sites for hydroxylation is 1. The SMILES string of the molecule is Cn1ncc(NC(=S)Nc2cc(Cl)ccc2Cl)c1C(N)=O. The Labute approximate surface area is 136 Å². The van der Waals surface area contributed by atoms with Crippen LogP contribution in [0, 0.1) is 0 Å². The van der Waals surface area contributed by atoms with Crippen molar-refractivity contribution in [3.8, 4) is 0 Å². The van der Waals surface area contributed by atoms with Gasteiger partial charge in [0, 0.05) is 12.1 Å². The molecule has 0 unspecified atom stereocenters. The molecule has 110 valence electrons. The van der Waals surface area contributed by atoms with Crippen LogP contribution in [-0.2, 0) is 7.05 Å². The van der Waals surface area contributed by atoms with E-state index in [0.29, 0.717) is 21.4 Å². The Bertz CT molecular complexity index is 716. The molecule has 0 aliphatic carbocycles. The van der Waals surface area contributed by atoms with Crippen molar-refractivity contribution in [2.24, 2.45) is 12.8 Å². The predicted octanol–water partition coefficient (Wildman–Crippen LogP) is 2.63. The van der Waals surface area contributed by atoms with Gasteiger partial charge in [-0.3, -0.25) is 9.48 Å². The van der Waals surface area contributed by atoms with Crippen molar-refractivity contribution in [2.75, 3.05) is 10.6 Å². The number of carbonyl (C=O) groups is 1. The second-order valence-electron chi connectivity index (χ2n) is 4.10. The van der Waals surface area contributed by atoms with Crippen LogP contribution in [0.2, 0.25) is 10.0 Å². The summed E-state index contributed by atoms with van der Waals surface area (Å²) < 4.78 is 1.36. The molecule has 0 bridgehead atoms. The Kier molecular flexibility index (Phi) is 4.66. The zero-order valence-corrected chi connectivity index (χ0v) is 13.2.